The van der Waals surface area contributed by atoms with Gasteiger partial charge in [-0.25, -0.2) is 0 Å². The average Bonchev–Trinajstić information content (AvgIpc) is 3.39. The van der Waals surface area contributed by atoms with Crippen molar-refractivity contribution in [3.63, 3.8) is 0 Å². The minimum absolute atomic E-state index is 0.0965. The van der Waals surface area contributed by atoms with Crippen molar-refractivity contribution in [3.05, 3.63) is 69.7 Å². The summed E-state index contributed by atoms with van der Waals surface area (Å²) in [5.74, 6) is -0.410. The molecule has 0 spiro atoms. The Hall–Kier alpha value is -3.79. The number of aromatic nitrogens is 2. The fourth-order valence-corrected chi connectivity index (χ4v) is 4.56. The van der Waals surface area contributed by atoms with Gasteiger partial charge in [0.15, 0.2) is 0 Å². The van der Waals surface area contributed by atoms with E-state index in [1.807, 2.05) is 43.3 Å². The summed E-state index contributed by atoms with van der Waals surface area (Å²) in [4.78, 5) is 39.9. The fraction of sp³-hybridized carbons (Fsp3) is 0.320. The molecule has 9 nitrogen and oxygen atoms in total. The van der Waals surface area contributed by atoms with Crippen LogP contribution in [-0.2, 0) is 11.3 Å². The van der Waals surface area contributed by atoms with E-state index < -0.39 is 5.91 Å². The predicted molar refractivity (Wildman–Crippen MR) is 133 cm³/mol. The number of carbonyl (C=O) groups is 3. The quantitative estimate of drug-likeness (QED) is 0.522. The third kappa shape index (κ3) is 6.21. The van der Waals surface area contributed by atoms with E-state index in [0.717, 1.165) is 28.2 Å². The molecule has 1 aliphatic rings. The van der Waals surface area contributed by atoms with Crippen LogP contribution in [0, 0.1) is 12.8 Å². The minimum Gasteiger partial charge on any atom is -0.497 e. The summed E-state index contributed by atoms with van der Waals surface area (Å²) in [7, 11) is 1.60. The van der Waals surface area contributed by atoms with Crippen molar-refractivity contribution in [2.24, 2.45) is 5.92 Å². The van der Waals surface area contributed by atoms with Crippen molar-refractivity contribution in [2.75, 3.05) is 25.5 Å². The minimum atomic E-state index is -0.418. The van der Waals surface area contributed by atoms with E-state index in [-0.39, 0.29) is 27.7 Å². The first-order valence-electron chi connectivity index (χ1n) is 11.3. The largest absolute Gasteiger partial charge is 0.497 e. The Kier molecular flexibility index (Phi) is 7.71. The van der Waals surface area contributed by atoms with Gasteiger partial charge in [0.05, 0.1) is 13.0 Å². The molecule has 1 fully saturated rings. The summed E-state index contributed by atoms with van der Waals surface area (Å²) in [5.41, 5.74) is 2.66. The molecular formula is C25H27N5O4S. The van der Waals surface area contributed by atoms with Crippen molar-refractivity contribution in [1.82, 2.24) is 20.4 Å². The van der Waals surface area contributed by atoms with Crippen molar-refractivity contribution >= 4 is 34.7 Å². The molecule has 1 saturated heterocycles. The molecule has 10 heteroatoms. The monoisotopic (exact) mass is 493 g/mol. The van der Waals surface area contributed by atoms with Crippen molar-refractivity contribution < 1.29 is 19.1 Å². The lowest BCUT2D eigenvalue weighted by atomic mass is 9.97. The molecule has 2 N–H and O–H groups in total. The Morgan fingerprint density at radius 2 is 1.89 bits per heavy atom. The van der Waals surface area contributed by atoms with E-state index in [1.165, 1.54) is 0 Å². The van der Waals surface area contributed by atoms with Gasteiger partial charge >= 0.3 is 0 Å². The molecule has 1 aromatic heterocycles. The zero-order chi connectivity index (χ0) is 24.8. The zero-order valence-electron chi connectivity index (χ0n) is 19.6. The van der Waals surface area contributed by atoms with Gasteiger partial charge in [0, 0.05) is 25.3 Å². The number of hydrogen-bond acceptors (Lipinski definition) is 7. The number of rotatable bonds is 7. The summed E-state index contributed by atoms with van der Waals surface area (Å²) in [6, 6.07) is 14.9. The number of aryl methyl sites for hydroxylation is 1. The van der Waals surface area contributed by atoms with Crippen LogP contribution in [0.4, 0.5) is 5.69 Å². The van der Waals surface area contributed by atoms with E-state index in [1.54, 1.807) is 24.1 Å². The van der Waals surface area contributed by atoms with Gasteiger partial charge in [-0.2, -0.15) is 0 Å². The van der Waals surface area contributed by atoms with Gasteiger partial charge in [0.2, 0.25) is 15.9 Å². The number of piperidine rings is 1. The normalized spacial score (nSPS) is 15.4. The third-order valence-corrected chi connectivity index (χ3v) is 6.70. The van der Waals surface area contributed by atoms with Crippen LogP contribution in [0.15, 0.2) is 48.5 Å². The fourth-order valence-electron chi connectivity index (χ4n) is 3.85. The Labute approximate surface area is 207 Å². The van der Waals surface area contributed by atoms with E-state index >= 15 is 0 Å². The highest BCUT2D eigenvalue weighted by Crippen LogP contribution is 2.21. The molecule has 0 saturated carbocycles. The second-order valence-electron chi connectivity index (χ2n) is 8.39. The van der Waals surface area contributed by atoms with Crippen LogP contribution in [-0.4, -0.2) is 53.0 Å². The maximum atomic E-state index is 13.0. The number of anilines is 1. The van der Waals surface area contributed by atoms with E-state index in [4.69, 9.17) is 4.74 Å². The molecule has 1 aliphatic heterocycles. The van der Waals surface area contributed by atoms with Crippen molar-refractivity contribution in [2.45, 2.75) is 26.3 Å². The van der Waals surface area contributed by atoms with Gasteiger partial charge in [-0.05, 0) is 49.6 Å². The molecule has 2 aromatic carbocycles. The highest BCUT2D eigenvalue weighted by molar-refractivity contribution is 7.15. The van der Waals surface area contributed by atoms with Gasteiger partial charge in [0.1, 0.15) is 5.75 Å². The maximum absolute atomic E-state index is 13.0. The van der Waals surface area contributed by atoms with Gasteiger partial charge in [-0.1, -0.05) is 41.2 Å². The first-order chi connectivity index (χ1) is 16.9. The number of methoxy groups -OCH3 is 1. The molecule has 0 unspecified atom stereocenters. The molecule has 0 radical (unpaired) electrons. The lowest BCUT2D eigenvalue weighted by molar-refractivity contribution is -0.126. The second kappa shape index (κ2) is 11.1. The van der Waals surface area contributed by atoms with E-state index in [0.29, 0.717) is 38.2 Å². The molecule has 35 heavy (non-hydrogen) atoms. The molecule has 3 amide bonds. The number of ether oxygens (including phenoxy) is 1. The lowest BCUT2D eigenvalue weighted by Crippen LogP contribution is -2.45. The lowest BCUT2D eigenvalue weighted by Gasteiger charge is -2.31. The Morgan fingerprint density at radius 1 is 1.11 bits per heavy atom. The highest BCUT2D eigenvalue weighted by Gasteiger charge is 2.30. The highest BCUT2D eigenvalue weighted by atomic mass is 32.1. The van der Waals surface area contributed by atoms with Crippen LogP contribution in [0.1, 0.15) is 43.6 Å². The maximum Gasteiger partial charge on any atom is 0.286 e. The molecule has 182 valence electrons. The summed E-state index contributed by atoms with van der Waals surface area (Å²) < 4.78 is 5.22. The van der Waals surface area contributed by atoms with E-state index in [2.05, 4.69) is 20.8 Å². The topological polar surface area (TPSA) is 114 Å². The number of amides is 3. The first kappa shape index (κ1) is 24.3. The predicted octanol–water partition coefficient (Wildman–Crippen LogP) is 3.28. The van der Waals surface area contributed by atoms with Crippen LogP contribution in [0.25, 0.3) is 0 Å². The molecule has 0 aliphatic carbocycles. The van der Waals surface area contributed by atoms with Crippen LogP contribution < -0.4 is 15.4 Å². The number of benzene rings is 2. The molecular weight excluding hydrogens is 466 g/mol. The summed E-state index contributed by atoms with van der Waals surface area (Å²) in [6.45, 7) is 3.18. The number of likely N-dealkylation sites (tertiary alicyclic amines) is 1. The van der Waals surface area contributed by atoms with Crippen LogP contribution >= 0.6 is 11.3 Å². The van der Waals surface area contributed by atoms with Gasteiger partial charge in [-0.15, -0.1) is 10.2 Å². The van der Waals surface area contributed by atoms with Crippen molar-refractivity contribution in [1.29, 1.82) is 0 Å². The van der Waals surface area contributed by atoms with Crippen LogP contribution in [0.3, 0.4) is 0 Å². The standard InChI is InChI=1S/C25H27N5O4S/c1-16-8-10-19(11-9-16)27-22(32)23-28-29-24(35-23)25(33)30-12-4-6-18(15-30)21(31)26-14-17-5-3-7-20(13-17)34-2/h3,5,7-11,13,18H,4,6,12,14-15H2,1-2H3,(H,26,31)(H,27,32)/t18-/m0/s1. The second-order valence-corrected chi connectivity index (χ2v) is 9.37. The SMILES string of the molecule is COc1cccc(CNC(=O)[C@H]2CCCN(C(=O)c3nnc(C(=O)Nc4ccc(C)cc4)s3)C2)c1. The van der Waals surface area contributed by atoms with Gasteiger partial charge < -0.3 is 20.3 Å². The molecule has 1 atom stereocenters. The van der Waals surface area contributed by atoms with Gasteiger partial charge in [0.25, 0.3) is 11.8 Å². The van der Waals surface area contributed by atoms with Crippen LogP contribution in [0.5, 0.6) is 5.75 Å². The number of nitrogens with one attached hydrogen (secondary N) is 2. The number of nitrogens with zero attached hydrogens (tertiary/aromatic N) is 3. The Balaban J connectivity index is 1.33. The smallest absolute Gasteiger partial charge is 0.286 e. The van der Waals surface area contributed by atoms with Crippen LogP contribution in [0.2, 0.25) is 0 Å². The van der Waals surface area contributed by atoms with E-state index in [9.17, 15) is 14.4 Å². The summed E-state index contributed by atoms with van der Waals surface area (Å²) in [5, 5.41) is 13.8. The average molecular weight is 494 g/mol. The number of hydrogen-bond donors (Lipinski definition) is 2. The summed E-state index contributed by atoms with van der Waals surface area (Å²) >= 11 is 0.948. The molecule has 4 rings (SSSR count). The molecule has 0 bridgehead atoms. The molecule has 3 aromatic rings. The molecule has 2 heterocycles. The van der Waals surface area contributed by atoms with Crippen molar-refractivity contribution in [3.8, 4) is 5.75 Å². The van der Waals surface area contributed by atoms with Gasteiger partial charge in [-0.3, -0.25) is 14.4 Å². The first-order valence-corrected chi connectivity index (χ1v) is 12.2. The zero-order valence-corrected chi connectivity index (χ0v) is 20.4. The number of carbonyl (C=O) groups excluding carboxylic acids is 3. The Morgan fingerprint density at radius 3 is 2.66 bits per heavy atom. The third-order valence-electron chi connectivity index (χ3n) is 5.79. The Bertz CT molecular complexity index is 1210. The summed E-state index contributed by atoms with van der Waals surface area (Å²) in [6.07, 6.45) is 1.41.